The lowest BCUT2D eigenvalue weighted by Gasteiger charge is -2.15. The van der Waals surface area contributed by atoms with Gasteiger partial charge in [-0.2, -0.15) is 17.2 Å². The molecule has 1 aromatic rings. The number of carbonyl (C=O) groups is 1. The van der Waals surface area contributed by atoms with E-state index in [4.69, 9.17) is 6.42 Å². The van der Waals surface area contributed by atoms with E-state index in [9.17, 15) is 32.2 Å². The van der Waals surface area contributed by atoms with Crippen LogP contribution < -0.4 is 4.28 Å². The van der Waals surface area contributed by atoms with E-state index in [2.05, 4.69) is 91.9 Å². The molecule has 2 aliphatic rings. The summed E-state index contributed by atoms with van der Waals surface area (Å²) in [6.07, 6.45) is 10.3. The van der Waals surface area contributed by atoms with E-state index in [1.54, 1.807) is 12.2 Å². The van der Waals surface area contributed by atoms with Crippen LogP contribution in [0.3, 0.4) is 0 Å². The van der Waals surface area contributed by atoms with Gasteiger partial charge in [0.2, 0.25) is 11.8 Å². The van der Waals surface area contributed by atoms with Crippen LogP contribution in [0, 0.1) is 107 Å². The van der Waals surface area contributed by atoms with Crippen LogP contribution in [0.5, 0.6) is 11.8 Å². The number of carbonyl (C=O) groups excluding carboxylic acids is 1. The van der Waals surface area contributed by atoms with Crippen molar-refractivity contribution in [2.75, 3.05) is 0 Å². The predicted molar refractivity (Wildman–Crippen MR) is 135 cm³/mol. The maximum absolute atomic E-state index is 14.3. The fourth-order valence-corrected chi connectivity index (χ4v) is 4.01. The van der Waals surface area contributed by atoms with Gasteiger partial charge in [-0.25, -0.2) is 4.79 Å². The zero-order valence-corrected chi connectivity index (χ0v) is 20.5. The van der Waals surface area contributed by atoms with Crippen molar-refractivity contribution < 1.29 is 41.2 Å². The van der Waals surface area contributed by atoms with Crippen molar-refractivity contribution in [1.82, 2.24) is 4.73 Å². The van der Waals surface area contributed by atoms with Crippen molar-refractivity contribution in [3.8, 4) is 119 Å². The van der Waals surface area contributed by atoms with Crippen molar-refractivity contribution in [3.63, 3.8) is 0 Å². The Morgan fingerprint density at radius 2 is 1.23 bits per heavy atom. The first-order chi connectivity index (χ1) is 19.1. The van der Waals surface area contributed by atoms with Crippen molar-refractivity contribution in [3.05, 3.63) is 23.3 Å². The summed E-state index contributed by atoms with van der Waals surface area (Å²) in [5.41, 5.74) is 0.300. The fraction of sp³-hybridized carbons (Fsp3) is 0.138. The Morgan fingerprint density at radius 1 is 0.825 bits per heavy atom. The second-order valence-corrected chi connectivity index (χ2v) is 8.73. The molecule has 1 aromatic heterocycles. The van der Waals surface area contributed by atoms with Gasteiger partial charge in [-0.3, -0.25) is 4.28 Å². The Hall–Kier alpha value is -6.26. The number of hydrogen-bond donors (Lipinski definition) is 2. The number of nitrogens with zero attached hydrogens (tertiary/aromatic N) is 1. The summed E-state index contributed by atoms with van der Waals surface area (Å²) in [4.78, 5) is 11.7. The van der Waals surface area contributed by atoms with Gasteiger partial charge in [0.25, 0.3) is 0 Å². The Bertz CT molecular complexity index is 1950. The minimum Gasteiger partial charge on any atom is -0.492 e. The Balaban J connectivity index is 1.56. The Kier molecular flexibility index (Phi) is 8.72. The summed E-state index contributed by atoms with van der Waals surface area (Å²) >= 11 is 0. The van der Waals surface area contributed by atoms with E-state index < -0.39 is 33.1 Å². The van der Waals surface area contributed by atoms with Crippen LogP contribution in [0.2, 0.25) is 0 Å². The maximum atomic E-state index is 14.3. The molecule has 0 amide bonds. The second kappa shape index (κ2) is 12.3. The highest BCUT2D eigenvalue weighted by molar-refractivity contribution is 7.88. The lowest BCUT2D eigenvalue weighted by Crippen LogP contribution is -2.43. The summed E-state index contributed by atoms with van der Waals surface area (Å²) in [5.74, 6) is 31.0. The fourth-order valence-electron chi connectivity index (χ4n) is 3.33. The highest BCUT2D eigenvalue weighted by Crippen LogP contribution is 2.56. The zero-order chi connectivity index (χ0) is 29.2. The molecule has 0 saturated heterocycles. The molecule has 8 nitrogen and oxygen atoms in total. The molecule has 0 aliphatic heterocycles. The number of aromatic hydroxyl groups is 2. The molecule has 2 atom stereocenters. The molecule has 0 spiro atoms. The van der Waals surface area contributed by atoms with Crippen LogP contribution in [0.25, 0.3) is 0 Å². The first-order valence-electron chi connectivity index (χ1n) is 10.5. The van der Waals surface area contributed by atoms with E-state index in [0.29, 0.717) is 6.42 Å². The second-order valence-electron chi connectivity index (χ2n) is 7.16. The van der Waals surface area contributed by atoms with Gasteiger partial charge in [-0.15, -0.1) is 6.42 Å². The summed E-state index contributed by atoms with van der Waals surface area (Å²) in [5, 5.41) is 15.2. The number of esters is 1. The van der Waals surface area contributed by atoms with Crippen LogP contribution in [0.1, 0.15) is 29.4 Å². The smallest absolute Gasteiger partial charge is 0.479 e. The van der Waals surface area contributed by atoms with Crippen molar-refractivity contribution in [2.24, 2.45) is 0 Å². The molecular weight excluding hydrogens is 544 g/mol. The lowest BCUT2D eigenvalue weighted by molar-refractivity contribution is -0.154. The quantitative estimate of drug-likeness (QED) is 0.318. The van der Waals surface area contributed by atoms with Gasteiger partial charge in [-0.05, 0) is 53.8 Å². The highest BCUT2D eigenvalue weighted by Gasteiger charge is 2.58. The molecule has 2 N–H and O–H groups in total. The normalized spacial score (nSPS) is 14.4. The minimum atomic E-state index is -6.10. The monoisotopic (exact) mass is 553 g/mol. The summed E-state index contributed by atoms with van der Waals surface area (Å²) in [6.45, 7) is 0. The van der Waals surface area contributed by atoms with Crippen molar-refractivity contribution in [2.45, 2.75) is 23.5 Å². The molecule has 3 rings (SSSR count). The third-order valence-electron chi connectivity index (χ3n) is 4.85. The molecule has 0 radical (unpaired) electrons. The highest BCUT2D eigenvalue weighted by atomic mass is 32.2. The number of rotatable bonds is 4. The Labute approximate surface area is 227 Å². The standard InChI is InChI=1S/C29H9F2NO7S/c1-2-3-4-5-6-7-8-9-10-11-12-13-14-15-16-17-20-38-28(35)29(30,31)40(36,37)39-32-26(33)24-22-18-19-23(21-22)25(24)27(32)34/h1,18-19,22-23,33-34H,21H2. The molecule has 2 unspecified atom stereocenters. The van der Waals surface area contributed by atoms with E-state index in [1.807, 2.05) is 11.8 Å². The van der Waals surface area contributed by atoms with Crippen LogP contribution in [-0.2, 0) is 19.6 Å². The molecular formula is C29H9F2NO7S. The number of alkyl halides is 2. The average Bonchev–Trinajstić information content (AvgIpc) is 3.60. The molecule has 40 heavy (non-hydrogen) atoms. The molecule has 11 heteroatoms. The molecule has 192 valence electrons. The zero-order valence-electron chi connectivity index (χ0n) is 19.6. The molecule has 1 heterocycles. The van der Waals surface area contributed by atoms with Crippen molar-refractivity contribution in [1.29, 1.82) is 0 Å². The van der Waals surface area contributed by atoms with Gasteiger partial charge >= 0.3 is 21.3 Å². The lowest BCUT2D eigenvalue weighted by atomic mass is 10.0. The molecule has 0 fully saturated rings. The average molecular weight is 553 g/mol. The number of hydrogen-bond acceptors (Lipinski definition) is 7. The van der Waals surface area contributed by atoms with Crippen LogP contribution in [-0.4, -0.2) is 34.6 Å². The van der Waals surface area contributed by atoms with Gasteiger partial charge in [0.15, 0.2) is 0 Å². The SMILES string of the molecule is C#CC#CC#CC#CC#CC#CC#CC#CC#COC(=O)C(F)(F)S(=O)(=O)On1c(O)c2c(c1O)C1C=CC2C1. The number of terminal acetylenes is 1. The topological polar surface area (TPSA) is 115 Å². The number of halogens is 2. The summed E-state index contributed by atoms with van der Waals surface area (Å²) in [7, 11) is -6.10. The number of allylic oxidation sites excluding steroid dienone is 2. The Morgan fingerprint density at radius 3 is 1.65 bits per heavy atom. The molecule has 2 bridgehead atoms. The third kappa shape index (κ3) is 6.17. The minimum absolute atomic E-state index is 0.0838. The van der Waals surface area contributed by atoms with E-state index in [1.165, 1.54) is 6.11 Å². The first kappa shape index (κ1) is 28.3. The van der Waals surface area contributed by atoms with Gasteiger partial charge in [0.05, 0.1) is 0 Å². The van der Waals surface area contributed by atoms with Crippen LogP contribution in [0.15, 0.2) is 12.2 Å². The van der Waals surface area contributed by atoms with Crippen LogP contribution >= 0.6 is 0 Å². The summed E-state index contributed by atoms with van der Waals surface area (Å²) < 4.78 is 60.7. The van der Waals surface area contributed by atoms with Gasteiger partial charge in [-0.1, -0.05) is 16.9 Å². The predicted octanol–water partition coefficient (Wildman–Crippen LogP) is 0.552. The van der Waals surface area contributed by atoms with Crippen LogP contribution in [0.4, 0.5) is 8.78 Å². The number of aromatic nitrogens is 1. The summed E-state index contributed by atoms with van der Waals surface area (Å²) in [6, 6.07) is 0. The molecule has 2 aliphatic carbocycles. The molecule has 0 saturated carbocycles. The molecule has 0 aromatic carbocycles. The van der Waals surface area contributed by atoms with Gasteiger partial charge in [0.1, 0.15) is 6.11 Å². The van der Waals surface area contributed by atoms with Crippen molar-refractivity contribution >= 4 is 16.1 Å². The largest absolute Gasteiger partial charge is 0.492 e. The van der Waals surface area contributed by atoms with E-state index >= 15 is 0 Å². The van der Waals surface area contributed by atoms with Gasteiger partial charge < -0.3 is 14.9 Å². The number of ether oxygens (including phenoxy) is 1. The maximum Gasteiger partial charge on any atom is 0.479 e. The first-order valence-corrected chi connectivity index (χ1v) is 11.9. The van der Waals surface area contributed by atoms with Gasteiger partial charge in [0, 0.05) is 70.3 Å². The third-order valence-corrected chi connectivity index (χ3v) is 5.99. The number of fused-ring (bicyclic) bond motifs is 5. The van der Waals surface area contributed by atoms with E-state index in [0.717, 1.165) is 0 Å². The van der Waals surface area contributed by atoms with E-state index in [-0.39, 0.29) is 27.7 Å².